The fraction of sp³-hybridized carbons (Fsp3) is 0. The van der Waals surface area contributed by atoms with Crippen molar-refractivity contribution in [3.05, 3.63) is 30.1 Å². The number of nitrogens with zero attached hydrogens (tertiary/aromatic N) is 1. The molecule has 0 aliphatic rings. The Morgan fingerprint density at radius 3 is 2.22 bits per heavy atom. The van der Waals surface area contributed by atoms with E-state index >= 15 is 0 Å². The SMILES string of the molecule is Cl.O=Cc1ccncc1. The third-order valence-electron chi connectivity index (χ3n) is 0.842. The fourth-order valence-electron chi connectivity index (χ4n) is 0.442. The van der Waals surface area contributed by atoms with E-state index in [1.165, 1.54) is 0 Å². The maximum absolute atomic E-state index is 9.98. The van der Waals surface area contributed by atoms with Gasteiger partial charge in [0.1, 0.15) is 6.29 Å². The minimum Gasteiger partial charge on any atom is -0.298 e. The van der Waals surface area contributed by atoms with E-state index < -0.39 is 0 Å². The van der Waals surface area contributed by atoms with Gasteiger partial charge in [0.05, 0.1) is 0 Å². The predicted molar refractivity (Wildman–Crippen MR) is 36.9 cm³/mol. The number of carbonyl (C=O) groups is 1. The molecule has 0 aliphatic carbocycles. The second-order valence-electron chi connectivity index (χ2n) is 1.40. The van der Waals surface area contributed by atoms with Crippen LogP contribution in [0, 0.1) is 0 Å². The van der Waals surface area contributed by atoms with Gasteiger partial charge in [-0.05, 0) is 12.1 Å². The van der Waals surface area contributed by atoms with E-state index in [1.807, 2.05) is 0 Å². The van der Waals surface area contributed by atoms with Crippen molar-refractivity contribution in [3.63, 3.8) is 0 Å². The van der Waals surface area contributed by atoms with E-state index in [9.17, 15) is 4.79 Å². The molecule has 0 saturated carbocycles. The molecule has 3 heteroatoms. The first-order valence-corrected chi connectivity index (χ1v) is 2.28. The van der Waals surface area contributed by atoms with Gasteiger partial charge in [-0.2, -0.15) is 0 Å². The van der Waals surface area contributed by atoms with E-state index in [4.69, 9.17) is 0 Å². The molecule has 1 aromatic heterocycles. The summed E-state index contributed by atoms with van der Waals surface area (Å²) in [4.78, 5) is 13.7. The first kappa shape index (κ1) is 8.11. The fourth-order valence-corrected chi connectivity index (χ4v) is 0.442. The number of halogens is 1. The third-order valence-corrected chi connectivity index (χ3v) is 0.842. The molecule has 0 aromatic carbocycles. The maximum atomic E-state index is 9.98. The summed E-state index contributed by atoms with van der Waals surface area (Å²) in [5.74, 6) is 0. The average Bonchev–Trinajstić information content (AvgIpc) is 1.90. The normalized spacial score (nSPS) is 7.56. The highest BCUT2D eigenvalue weighted by Gasteiger charge is 1.80. The largest absolute Gasteiger partial charge is 0.298 e. The van der Waals surface area contributed by atoms with Gasteiger partial charge in [0, 0.05) is 18.0 Å². The Hall–Kier alpha value is -0.890. The zero-order valence-corrected chi connectivity index (χ0v) is 5.47. The predicted octanol–water partition coefficient (Wildman–Crippen LogP) is 1.32. The van der Waals surface area contributed by atoms with Gasteiger partial charge in [0.15, 0.2) is 0 Å². The summed E-state index contributed by atoms with van der Waals surface area (Å²) in [5, 5.41) is 0. The summed E-state index contributed by atoms with van der Waals surface area (Å²) in [6.07, 6.45) is 3.97. The quantitative estimate of drug-likeness (QED) is 0.555. The minimum absolute atomic E-state index is 0. The van der Waals surface area contributed by atoms with Crippen molar-refractivity contribution in [1.82, 2.24) is 4.98 Å². The molecule has 0 aliphatic heterocycles. The maximum Gasteiger partial charge on any atom is 0.150 e. The van der Waals surface area contributed by atoms with E-state index in [0.717, 1.165) is 6.29 Å². The molecule has 48 valence electrons. The molecule has 0 spiro atoms. The van der Waals surface area contributed by atoms with Gasteiger partial charge in [-0.25, -0.2) is 0 Å². The Morgan fingerprint density at radius 1 is 1.33 bits per heavy atom. The van der Waals surface area contributed by atoms with Gasteiger partial charge in [-0.1, -0.05) is 0 Å². The average molecular weight is 144 g/mol. The van der Waals surface area contributed by atoms with Gasteiger partial charge >= 0.3 is 0 Å². The van der Waals surface area contributed by atoms with E-state index in [0.29, 0.717) is 5.56 Å². The molecule has 0 atom stereocenters. The topological polar surface area (TPSA) is 30.0 Å². The molecule has 1 heterocycles. The highest BCUT2D eigenvalue weighted by atomic mass is 35.5. The van der Waals surface area contributed by atoms with E-state index in [-0.39, 0.29) is 12.4 Å². The Balaban J connectivity index is 0.000000640. The third kappa shape index (κ3) is 2.24. The van der Waals surface area contributed by atoms with E-state index in [1.54, 1.807) is 24.5 Å². The summed E-state index contributed by atoms with van der Waals surface area (Å²) in [6.45, 7) is 0. The lowest BCUT2D eigenvalue weighted by Gasteiger charge is -1.81. The van der Waals surface area contributed by atoms with Crippen LogP contribution in [0.1, 0.15) is 10.4 Å². The summed E-state index contributed by atoms with van der Waals surface area (Å²) in [6, 6.07) is 3.32. The lowest BCUT2D eigenvalue weighted by Crippen LogP contribution is -1.76. The molecular formula is C6H6ClNO. The van der Waals surface area contributed by atoms with Crippen LogP contribution in [-0.4, -0.2) is 11.3 Å². The number of pyridine rings is 1. The summed E-state index contributed by atoms with van der Waals surface area (Å²) < 4.78 is 0. The molecule has 1 rings (SSSR count). The number of aromatic nitrogens is 1. The molecule has 0 amide bonds. The second-order valence-corrected chi connectivity index (χ2v) is 1.40. The highest BCUT2D eigenvalue weighted by Crippen LogP contribution is 1.88. The van der Waals surface area contributed by atoms with Crippen molar-refractivity contribution < 1.29 is 4.79 Å². The van der Waals surface area contributed by atoms with Crippen LogP contribution < -0.4 is 0 Å². The Bertz CT molecular complexity index is 176. The van der Waals surface area contributed by atoms with Gasteiger partial charge in [0.2, 0.25) is 0 Å². The molecular weight excluding hydrogens is 138 g/mol. The zero-order chi connectivity index (χ0) is 5.82. The van der Waals surface area contributed by atoms with Crippen LogP contribution in [-0.2, 0) is 0 Å². The number of hydrogen-bond acceptors (Lipinski definition) is 2. The summed E-state index contributed by atoms with van der Waals surface area (Å²) in [7, 11) is 0. The van der Waals surface area contributed by atoms with Crippen molar-refractivity contribution in [3.8, 4) is 0 Å². The first-order chi connectivity index (χ1) is 3.93. The molecule has 1 aromatic rings. The van der Waals surface area contributed by atoms with Crippen molar-refractivity contribution in [1.29, 1.82) is 0 Å². The first-order valence-electron chi connectivity index (χ1n) is 2.28. The molecule has 9 heavy (non-hydrogen) atoms. The van der Waals surface area contributed by atoms with Crippen LogP contribution in [0.2, 0.25) is 0 Å². The minimum atomic E-state index is 0. The molecule has 0 radical (unpaired) electrons. The van der Waals surface area contributed by atoms with Crippen molar-refractivity contribution in [2.24, 2.45) is 0 Å². The van der Waals surface area contributed by atoms with Crippen LogP contribution in [0.15, 0.2) is 24.5 Å². The zero-order valence-electron chi connectivity index (χ0n) is 4.65. The van der Waals surface area contributed by atoms with Crippen LogP contribution >= 0.6 is 12.4 Å². The van der Waals surface area contributed by atoms with Gasteiger partial charge in [-0.3, -0.25) is 9.78 Å². The van der Waals surface area contributed by atoms with Crippen molar-refractivity contribution in [2.75, 3.05) is 0 Å². The van der Waals surface area contributed by atoms with Crippen LogP contribution in [0.25, 0.3) is 0 Å². The number of hydrogen-bond donors (Lipinski definition) is 0. The number of carbonyl (C=O) groups excluding carboxylic acids is 1. The van der Waals surface area contributed by atoms with Gasteiger partial charge in [0.25, 0.3) is 0 Å². The molecule has 0 bridgehead atoms. The molecule has 0 N–H and O–H groups in total. The Labute approximate surface area is 59.3 Å². The second kappa shape index (κ2) is 4.04. The van der Waals surface area contributed by atoms with Crippen LogP contribution in [0.3, 0.4) is 0 Å². The van der Waals surface area contributed by atoms with Crippen molar-refractivity contribution in [2.45, 2.75) is 0 Å². The highest BCUT2D eigenvalue weighted by molar-refractivity contribution is 5.85. The van der Waals surface area contributed by atoms with Crippen LogP contribution in [0.5, 0.6) is 0 Å². The monoisotopic (exact) mass is 143 g/mol. The van der Waals surface area contributed by atoms with E-state index in [2.05, 4.69) is 4.98 Å². The van der Waals surface area contributed by atoms with Crippen LogP contribution in [0.4, 0.5) is 0 Å². The molecule has 0 fully saturated rings. The summed E-state index contributed by atoms with van der Waals surface area (Å²) >= 11 is 0. The lowest BCUT2D eigenvalue weighted by atomic mass is 10.3. The molecule has 2 nitrogen and oxygen atoms in total. The Kier molecular flexibility index (Phi) is 3.64. The van der Waals surface area contributed by atoms with Gasteiger partial charge in [-0.15, -0.1) is 12.4 Å². The smallest absolute Gasteiger partial charge is 0.150 e. The number of rotatable bonds is 1. The van der Waals surface area contributed by atoms with Gasteiger partial charge < -0.3 is 0 Å². The summed E-state index contributed by atoms with van der Waals surface area (Å²) in [5.41, 5.74) is 0.667. The molecule has 0 unspecified atom stereocenters. The molecule has 0 saturated heterocycles. The Morgan fingerprint density at radius 2 is 1.89 bits per heavy atom. The lowest BCUT2D eigenvalue weighted by molar-refractivity contribution is 0.112. The number of aldehydes is 1. The standard InChI is InChI=1S/C6H5NO.ClH/c8-5-6-1-3-7-4-2-6;/h1-5H;1H. The van der Waals surface area contributed by atoms with Crippen molar-refractivity contribution >= 4 is 18.7 Å².